The Kier molecular flexibility index (Phi) is 5.46. The topological polar surface area (TPSA) is 127 Å². The van der Waals surface area contributed by atoms with Crippen LogP contribution in [0, 0.1) is 0 Å². The van der Waals surface area contributed by atoms with E-state index >= 15 is 0 Å². The van der Waals surface area contributed by atoms with E-state index in [1.807, 2.05) is 6.07 Å². The lowest BCUT2D eigenvalue weighted by Crippen LogP contribution is -2.42. The van der Waals surface area contributed by atoms with Crippen LogP contribution >= 0.6 is 0 Å². The number of nitrogens with one attached hydrogen (secondary N) is 1. The molecule has 3 aromatic rings. The van der Waals surface area contributed by atoms with Crippen molar-refractivity contribution in [2.75, 3.05) is 5.32 Å². The molecule has 2 amide bonds. The molecule has 1 aliphatic rings. The van der Waals surface area contributed by atoms with Gasteiger partial charge in [0.15, 0.2) is 5.60 Å². The normalized spacial score (nSPS) is 17.2. The van der Waals surface area contributed by atoms with Crippen molar-refractivity contribution in [2.24, 2.45) is 10.9 Å². The van der Waals surface area contributed by atoms with Gasteiger partial charge in [-0.2, -0.15) is 0 Å². The Labute approximate surface area is 178 Å². The van der Waals surface area contributed by atoms with E-state index in [9.17, 15) is 14.7 Å². The van der Waals surface area contributed by atoms with Gasteiger partial charge in [0.2, 0.25) is 6.10 Å². The standard InChI is InChI=1S/C23H20N4O4/c24-22(29)23(30,16-6-2-1-3-7-16)17-8-10-18(11-9-17)26-21(28)20-13-19(27-31-20)15-5-4-12-25-14-15/h1-12,14,20,30H,13H2,(H2,24,29)(H,26,28). The van der Waals surface area contributed by atoms with Crippen LogP contribution in [-0.2, 0) is 20.0 Å². The minimum Gasteiger partial charge on any atom is -0.382 e. The third-order valence-electron chi connectivity index (χ3n) is 5.07. The van der Waals surface area contributed by atoms with Gasteiger partial charge in [-0.05, 0) is 35.4 Å². The van der Waals surface area contributed by atoms with E-state index in [0.29, 0.717) is 28.9 Å². The Hall–Kier alpha value is -4.04. The van der Waals surface area contributed by atoms with E-state index in [0.717, 1.165) is 5.56 Å². The number of nitrogens with two attached hydrogens (primary N) is 1. The third kappa shape index (κ3) is 4.01. The molecular weight excluding hydrogens is 396 g/mol. The van der Waals surface area contributed by atoms with Crippen molar-refractivity contribution in [3.05, 3.63) is 95.8 Å². The van der Waals surface area contributed by atoms with Crippen molar-refractivity contribution >= 4 is 23.2 Å². The minimum atomic E-state index is -1.98. The summed E-state index contributed by atoms with van der Waals surface area (Å²) in [7, 11) is 0. The number of aliphatic hydroxyl groups is 1. The Morgan fingerprint density at radius 3 is 2.39 bits per heavy atom. The molecule has 31 heavy (non-hydrogen) atoms. The highest BCUT2D eigenvalue weighted by molar-refractivity contribution is 6.06. The summed E-state index contributed by atoms with van der Waals surface area (Å²) in [5.41, 5.74) is 6.11. The quantitative estimate of drug-likeness (QED) is 0.566. The zero-order chi connectivity index (χ0) is 21.8. The third-order valence-corrected chi connectivity index (χ3v) is 5.07. The number of primary amides is 1. The number of hydrogen-bond donors (Lipinski definition) is 3. The smallest absolute Gasteiger partial charge is 0.268 e. The number of benzene rings is 2. The van der Waals surface area contributed by atoms with E-state index in [2.05, 4.69) is 15.5 Å². The predicted octanol–water partition coefficient (Wildman–Crippen LogP) is 1.93. The van der Waals surface area contributed by atoms with Gasteiger partial charge in [0.05, 0.1) is 5.71 Å². The van der Waals surface area contributed by atoms with Gasteiger partial charge < -0.3 is 21.0 Å². The number of nitrogens with zero attached hydrogens (tertiary/aromatic N) is 2. The average molecular weight is 416 g/mol. The van der Waals surface area contributed by atoms with Crippen molar-refractivity contribution < 1.29 is 19.5 Å². The van der Waals surface area contributed by atoms with Crippen LogP contribution in [0.1, 0.15) is 23.1 Å². The highest BCUT2D eigenvalue weighted by Crippen LogP contribution is 2.30. The fraction of sp³-hybridized carbons (Fsp3) is 0.130. The summed E-state index contributed by atoms with van der Waals surface area (Å²) in [5.74, 6) is -1.25. The maximum atomic E-state index is 12.6. The summed E-state index contributed by atoms with van der Waals surface area (Å²) in [6.45, 7) is 0. The summed E-state index contributed by atoms with van der Waals surface area (Å²) >= 11 is 0. The zero-order valence-corrected chi connectivity index (χ0v) is 16.4. The van der Waals surface area contributed by atoms with Crippen LogP contribution in [0.3, 0.4) is 0 Å². The van der Waals surface area contributed by atoms with Crippen molar-refractivity contribution in [3.63, 3.8) is 0 Å². The second-order valence-electron chi connectivity index (χ2n) is 7.09. The predicted molar refractivity (Wildman–Crippen MR) is 114 cm³/mol. The van der Waals surface area contributed by atoms with Crippen LogP contribution in [0.25, 0.3) is 0 Å². The monoisotopic (exact) mass is 416 g/mol. The highest BCUT2D eigenvalue weighted by atomic mass is 16.6. The Morgan fingerprint density at radius 2 is 1.74 bits per heavy atom. The van der Waals surface area contributed by atoms with Gasteiger partial charge in [0.25, 0.3) is 11.8 Å². The molecule has 0 fully saturated rings. The number of pyridine rings is 1. The molecule has 8 nitrogen and oxygen atoms in total. The minimum absolute atomic E-state index is 0.295. The van der Waals surface area contributed by atoms with E-state index in [1.54, 1.807) is 73.1 Å². The second-order valence-corrected chi connectivity index (χ2v) is 7.09. The molecule has 0 radical (unpaired) electrons. The van der Waals surface area contributed by atoms with E-state index < -0.39 is 17.6 Å². The molecule has 4 rings (SSSR count). The lowest BCUT2D eigenvalue weighted by atomic mass is 9.85. The van der Waals surface area contributed by atoms with Gasteiger partial charge >= 0.3 is 0 Å². The van der Waals surface area contributed by atoms with Crippen molar-refractivity contribution in [3.8, 4) is 0 Å². The maximum Gasteiger partial charge on any atom is 0.268 e. The molecule has 2 heterocycles. The number of aromatic nitrogens is 1. The highest BCUT2D eigenvalue weighted by Gasteiger charge is 2.38. The molecule has 0 spiro atoms. The Bertz CT molecular complexity index is 1120. The molecule has 2 aromatic carbocycles. The Morgan fingerprint density at radius 1 is 1.03 bits per heavy atom. The molecule has 2 atom stereocenters. The van der Waals surface area contributed by atoms with Gasteiger partial charge in [-0.1, -0.05) is 47.6 Å². The second kappa shape index (κ2) is 8.37. The number of hydrogen-bond acceptors (Lipinski definition) is 6. The Balaban J connectivity index is 1.45. The molecule has 0 saturated heterocycles. The molecule has 8 heteroatoms. The van der Waals surface area contributed by atoms with E-state index in [4.69, 9.17) is 10.6 Å². The summed E-state index contributed by atoms with van der Waals surface area (Å²) in [4.78, 5) is 33.9. The zero-order valence-electron chi connectivity index (χ0n) is 16.4. The fourth-order valence-corrected chi connectivity index (χ4v) is 3.37. The van der Waals surface area contributed by atoms with Gasteiger partial charge in [-0.25, -0.2) is 0 Å². The maximum absolute atomic E-state index is 12.6. The van der Waals surface area contributed by atoms with Crippen LogP contribution in [0.4, 0.5) is 5.69 Å². The summed E-state index contributed by atoms with van der Waals surface area (Å²) in [6, 6.07) is 18.3. The van der Waals surface area contributed by atoms with Crippen LogP contribution in [0.2, 0.25) is 0 Å². The van der Waals surface area contributed by atoms with Crippen molar-refractivity contribution in [2.45, 2.75) is 18.1 Å². The molecule has 156 valence electrons. The molecule has 1 aliphatic heterocycles. The number of carbonyl (C=O) groups excluding carboxylic acids is 2. The summed E-state index contributed by atoms with van der Waals surface area (Å²) in [6.07, 6.45) is 2.88. The molecule has 0 aliphatic carbocycles. The fourth-order valence-electron chi connectivity index (χ4n) is 3.37. The SMILES string of the molecule is NC(=O)C(O)(c1ccccc1)c1ccc(NC(=O)C2CC(c3cccnc3)=NO2)cc1. The molecule has 0 saturated carbocycles. The van der Waals surface area contributed by atoms with Crippen molar-refractivity contribution in [1.29, 1.82) is 0 Å². The molecular formula is C23H20N4O4. The van der Waals surface area contributed by atoms with Gasteiger partial charge in [0.1, 0.15) is 0 Å². The molecule has 2 unspecified atom stereocenters. The van der Waals surface area contributed by atoms with Crippen LogP contribution in [0.15, 0.2) is 84.3 Å². The van der Waals surface area contributed by atoms with Crippen LogP contribution in [-0.4, -0.2) is 33.7 Å². The summed E-state index contributed by atoms with van der Waals surface area (Å²) < 4.78 is 0. The van der Waals surface area contributed by atoms with E-state index in [1.165, 1.54) is 0 Å². The van der Waals surface area contributed by atoms with E-state index in [-0.39, 0.29) is 5.91 Å². The van der Waals surface area contributed by atoms with Crippen LogP contribution in [0.5, 0.6) is 0 Å². The number of amides is 2. The molecule has 4 N–H and O–H groups in total. The van der Waals surface area contributed by atoms with Crippen molar-refractivity contribution in [1.82, 2.24) is 4.98 Å². The lowest BCUT2D eigenvalue weighted by molar-refractivity contribution is -0.133. The first kappa shape index (κ1) is 20.2. The number of oxime groups is 1. The first-order chi connectivity index (χ1) is 15.0. The number of anilines is 1. The van der Waals surface area contributed by atoms with Gasteiger partial charge in [-0.15, -0.1) is 0 Å². The first-order valence-electron chi connectivity index (χ1n) is 9.61. The average Bonchev–Trinajstić information content (AvgIpc) is 3.31. The molecule has 1 aromatic heterocycles. The number of rotatable bonds is 6. The summed E-state index contributed by atoms with van der Waals surface area (Å²) in [5, 5.41) is 17.7. The van der Waals surface area contributed by atoms with Crippen LogP contribution < -0.4 is 11.1 Å². The largest absolute Gasteiger partial charge is 0.382 e. The first-order valence-corrected chi connectivity index (χ1v) is 9.61. The van der Waals surface area contributed by atoms with Gasteiger partial charge in [-0.3, -0.25) is 14.6 Å². The molecule has 0 bridgehead atoms. The lowest BCUT2D eigenvalue weighted by Gasteiger charge is -2.26. The number of carbonyl (C=O) groups is 2. The van der Waals surface area contributed by atoms with Gasteiger partial charge in [0, 0.05) is 30.1 Å².